The number of para-hydroxylation sites is 1. The highest BCUT2D eigenvalue weighted by atomic mass is 19.1. The Morgan fingerprint density at radius 3 is 2.74 bits per heavy atom. The second-order valence-electron chi connectivity index (χ2n) is 7.37. The van der Waals surface area contributed by atoms with Gasteiger partial charge in [-0.15, -0.1) is 10.2 Å². The minimum Gasteiger partial charge on any atom is -0.467 e. The molecule has 1 N–H and O–H groups in total. The first kappa shape index (κ1) is 20.9. The maximum Gasteiger partial charge on any atom is 0.194 e. The van der Waals surface area contributed by atoms with E-state index in [2.05, 4.69) is 32.2 Å². The maximum absolute atomic E-state index is 14.2. The van der Waals surface area contributed by atoms with E-state index in [-0.39, 0.29) is 5.82 Å². The first-order valence-electron chi connectivity index (χ1n) is 10.7. The van der Waals surface area contributed by atoms with Crippen molar-refractivity contribution in [1.82, 2.24) is 25.0 Å². The molecule has 9 heteroatoms. The number of nitrogens with zero attached hydrogens (tertiary/aromatic N) is 6. The monoisotopic (exact) mass is 425 g/mol. The van der Waals surface area contributed by atoms with Crippen molar-refractivity contribution < 1.29 is 8.81 Å². The van der Waals surface area contributed by atoms with Crippen LogP contribution in [-0.2, 0) is 19.5 Å². The van der Waals surface area contributed by atoms with Crippen molar-refractivity contribution in [2.45, 2.75) is 26.4 Å². The van der Waals surface area contributed by atoms with Gasteiger partial charge < -0.3 is 24.1 Å². The third-order valence-corrected chi connectivity index (χ3v) is 5.38. The number of rotatable bonds is 7. The Labute approximate surface area is 181 Å². The van der Waals surface area contributed by atoms with Crippen LogP contribution in [0.25, 0.3) is 0 Å². The molecule has 2 aromatic heterocycles. The SMILES string of the molecule is CCc1nncn1CCNC(=NCc1ccco1)N1CCN(c2ccccc2F)CC1. The van der Waals surface area contributed by atoms with Crippen LogP contribution in [0.4, 0.5) is 10.1 Å². The van der Waals surface area contributed by atoms with Gasteiger partial charge in [-0.05, 0) is 24.3 Å². The van der Waals surface area contributed by atoms with Crippen molar-refractivity contribution >= 4 is 11.6 Å². The molecule has 0 spiro atoms. The summed E-state index contributed by atoms with van der Waals surface area (Å²) in [5, 5.41) is 11.6. The van der Waals surface area contributed by atoms with Gasteiger partial charge in [0.25, 0.3) is 0 Å². The Morgan fingerprint density at radius 2 is 2.00 bits per heavy atom. The Morgan fingerprint density at radius 1 is 1.16 bits per heavy atom. The number of guanidine groups is 1. The molecule has 4 rings (SSSR count). The van der Waals surface area contributed by atoms with Crippen LogP contribution in [-0.4, -0.2) is 58.3 Å². The van der Waals surface area contributed by atoms with E-state index in [1.807, 2.05) is 28.8 Å². The molecular formula is C22H28FN7O. The summed E-state index contributed by atoms with van der Waals surface area (Å²) in [5.41, 5.74) is 0.656. The number of aliphatic imine (C=N–C) groups is 1. The van der Waals surface area contributed by atoms with Gasteiger partial charge in [0.15, 0.2) is 5.96 Å². The fraction of sp³-hybridized carbons (Fsp3) is 0.409. The lowest BCUT2D eigenvalue weighted by Gasteiger charge is -2.37. The van der Waals surface area contributed by atoms with E-state index in [9.17, 15) is 4.39 Å². The quantitative estimate of drug-likeness (QED) is 0.463. The first-order chi connectivity index (χ1) is 15.2. The van der Waals surface area contributed by atoms with E-state index >= 15 is 0 Å². The zero-order chi connectivity index (χ0) is 21.5. The van der Waals surface area contributed by atoms with Gasteiger partial charge >= 0.3 is 0 Å². The van der Waals surface area contributed by atoms with Gasteiger partial charge in [-0.3, -0.25) is 0 Å². The number of piperazine rings is 1. The molecule has 8 nitrogen and oxygen atoms in total. The van der Waals surface area contributed by atoms with Crippen LogP contribution in [0.5, 0.6) is 0 Å². The molecule has 31 heavy (non-hydrogen) atoms. The summed E-state index contributed by atoms with van der Waals surface area (Å²) < 4.78 is 21.6. The minimum atomic E-state index is -0.179. The highest BCUT2D eigenvalue weighted by molar-refractivity contribution is 5.80. The van der Waals surface area contributed by atoms with E-state index in [1.54, 1.807) is 18.7 Å². The Hall–Kier alpha value is -3.36. The van der Waals surface area contributed by atoms with Gasteiger partial charge in [0.2, 0.25) is 0 Å². The number of nitrogens with one attached hydrogen (secondary N) is 1. The van der Waals surface area contributed by atoms with Gasteiger partial charge in [-0.2, -0.15) is 0 Å². The smallest absolute Gasteiger partial charge is 0.194 e. The molecule has 164 valence electrons. The van der Waals surface area contributed by atoms with Crippen molar-refractivity contribution in [3.63, 3.8) is 0 Å². The predicted molar refractivity (Wildman–Crippen MR) is 117 cm³/mol. The average molecular weight is 426 g/mol. The van der Waals surface area contributed by atoms with Crippen LogP contribution in [0.1, 0.15) is 18.5 Å². The Balaban J connectivity index is 1.39. The van der Waals surface area contributed by atoms with E-state index in [1.165, 1.54) is 6.07 Å². The third kappa shape index (κ3) is 5.22. The molecule has 0 bridgehead atoms. The van der Waals surface area contributed by atoms with Gasteiger partial charge in [-0.1, -0.05) is 19.1 Å². The average Bonchev–Trinajstić information content (AvgIpc) is 3.48. The summed E-state index contributed by atoms with van der Waals surface area (Å²) in [6.45, 7) is 6.97. The van der Waals surface area contributed by atoms with Crippen LogP contribution in [0, 0.1) is 5.82 Å². The number of anilines is 1. The fourth-order valence-corrected chi connectivity index (χ4v) is 3.72. The molecule has 1 aliphatic heterocycles. The molecule has 1 fully saturated rings. The summed E-state index contributed by atoms with van der Waals surface area (Å²) in [5.74, 6) is 2.43. The first-order valence-corrected chi connectivity index (χ1v) is 10.7. The number of benzene rings is 1. The molecular weight excluding hydrogens is 397 g/mol. The normalized spacial score (nSPS) is 14.8. The van der Waals surface area contributed by atoms with E-state index in [0.717, 1.165) is 56.7 Å². The van der Waals surface area contributed by atoms with Crippen LogP contribution >= 0.6 is 0 Å². The highest BCUT2D eigenvalue weighted by Gasteiger charge is 2.21. The summed E-state index contributed by atoms with van der Waals surface area (Å²) in [6, 6.07) is 10.7. The molecule has 0 amide bonds. The minimum absolute atomic E-state index is 0.179. The number of aromatic nitrogens is 3. The maximum atomic E-state index is 14.2. The fourth-order valence-electron chi connectivity index (χ4n) is 3.72. The summed E-state index contributed by atoms with van der Waals surface area (Å²) in [7, 11) is 0. The molecule has 0 atom stereocenters. The van der Waals surface area contributed by atoms with Crippen molar-refractivity contribution in [3.05, 3.63) is 66.4 Å². The lowest BCUT2D eigenvalue weighted by molar-refractivity contribution is 0.368. The van der Waals surface area contributed by atoms with E-state index < -0.39 is 0 Å². The molecule has 1 saturated heterocycles. The number of hydrogen-bond donors (Lipinski definition) is 1. The standard InChI is InChI=1S/C22H28FN7O/c1-2-21-27-26-17-30(21)10-9-24-22(25-16-18-6-5-15-31-18)29-13-11-28(12-14-29)20-8-4-3-7-19(20)23/h3-8,15,17H,2,9-14,16H2,1H3,(H,24,25). The number of halogens is 1. The molecule has 3 aromatic rings. The van der Waals surface area contributed by atoms with Crippen LogP contribution < -0.4 is 10.2 Å². The molecule has 0 radical (unpaired) electrons. The van der Waals surface area contributed by atoms with Crippen LogP contribution in [0.2, 0.25) is 0 Å². The van der Waals surface area contributed by atoms with Gasteiger partial charge in [0, 0.05) is 45.7 Å². The zero-order valence-corrected chi connectivity index (χ0v) is 17.7. The topological polar surface area (TPSA) is 74.7 Å². The van der Waals surface area contributed by atoms with E-state index in [4.69, 9.17) is 9.41 Å². The van der Waals surface area contributed by atoms with Gasteiger partial charge in [0.1, 0.15) is 30.3 Å². The predicted octanol–water partition coefficient (Wildman–Crippen LogP) is 2.54. The Kier molecular flexibility index (Phi) is 6.81. The molecule has 0 saturated carbocycles. The molecule has 1 aliphatic rings. The van der Waals surface area contributed by atoms with Crippen molar-refractivity contribution in [2.24, 2.45) is 4.99 Å². The summed E-state index contributed by atoms with van der Waals surface area (Å²) in [6.07, 6.45) is 4.26. The lowest BCUT2D eigenvalue weighted by atomic mass is 10.2. The van der Waals surface area contributed by atoms with Crippen molar-refractivity contribution in [2.75, 3.05) is 37.6 Å². The lowest BCUT2D eigenvalue weighted by Crippen LogP contribution is -2.53. The summed E-state index contributed by atoms with van der Waals surface area (Å²) in [4.78, 5) is 9.07. The summed E-state index contributed by atoms with van der Waals surface area (Å²) >= 11 is 0. The van der Waals surface area contributed by atoms with E-state index in [0.29, 0.717) is 18.8 Å². The third-order valence-electron chi connectivity index (χ3n) is 5.38. The molecule has 3 heterocycles. The van der Waals surface area contributed by atoms with Gasteiger partial charge in [0.05, 0.1) is 12.0 Å². The number of hydrogen-bond acceptors (Lipinski definition) is 5. The second-order valence-corrected chi connectivity index (χ2v) is 7.37. The molecule has 0 aliphatic carbocycles. The van der Waals surface area contributed by atoms with Crippen molar-refractivity contribution in [1.29, 1.82) is 0 Å². The molecule has 0 unspecified atom stereocenters. The van der Waals surface area contributed by atoms with Gasteiger partial charge in [-0.25, -0.2) is 9.38 Å². The number of aryl methyl sites for hydroxylation is 1. The van der Waals surface area contributed by atoms with Crippen molar-refractivity contribution in [3.8, 4) is 0 Å². The van der Waals surface area contributed by atoms with Crippen LogP contribution in [0.3, 0.4) is 0 Å². The second kappa shape index (κ2) is 10.1. The zero-order valence-electron chi connectivity index (χ0n) is 17.7. The largest absolute Gasteiger partial charge is 0.467 e. The molecule has 1 aromatic carbocycles. The Bertz CT molecular complexity index is 977. The number of furan rings is 1. The van der Waals surface area contributed by atoms with Crippen LogP contribution in [0.15, 0.2) is 58.4 Å². The highest BCUT2D eigenvalue weighted by Crippen LogP contribution is 2.20.